The maximum atomic E-state index is 13.0. The van der Waals surface area contributed by atoms with Gasteiger partial charge in [0.05, 0.1) is 0 Å². The molecule has 0 amide bonds. The lowest BCUT2D eigenvalue weighted by molar-refractivity contribution is 0.628. The van der Waals surface area contributed by atoms with E-state index in [0.29, 0.717) is 10.7 Å². The number of halogens is 2. The van der Waals surface area contributed by atoms with Gasteiger partial charge in [0.2, 0.25) is 0 Å². The molecule has 0 unspecified atom stereocenters. The Balaban J connectivity index is 2.54. The number of hydrogen-bond donors (Lipinski definition) is 0. The highest BCUT2D eigenvalue weighted by Gasteiger charge is 2.02. The van der Waals surface area contributed by atoms with E-state index in [1.54, 1.807) is 12.1 Å². The smallest absolute Gasteiger partial charge is 0.129 e. The maximum absolute atomic E-state index is 13.0. The molecule has 0 N–H and O–H groups in total. The highest BCUT2D eigenvalue weighted by atomic mass is 35.5. The summed E-state index contributed by atoms with van der Waals surface area (Å²) in [4.78, 5) is 4.04. The fourth-order valence-electron chi connectivity index (χ4n) is 1.39. The summed E-state index contributed by atoms with van der Waals surface area (Å²) in [5.41, 5.74) is 2.31. The molecular weight excluding hydrogens is 213 g/mol. The Morgan fingerprint density at radius 2 is 2.13 bits per heavy atom. The molecule has 1 aromatic heterocycles. The van der Waals surface area contributed by atoms with E-state index >= 15 is 0 Å². The van der Waals surface area contributed by atoms with Gasteiger partial charge in [0.1, 0.15) is 11.0 Å². The van der Waals surface area contributed by atoms with Crippen molar-refractivity contribution in [3.8, 4) is 11.1 Å². The number of hydrogen-bond acceptors (Lipinski definition) is 1. The molecule has 2 rings (SSSR count). The molecule has 2 aromatic rings. The summed E-state index contributed by atoms with van der Waals surface area (Å²) < 4.78 is 13.0. The Labute approximate surface area is 92.5 Å². The number of pyridine rings is 1. The normalized spacial score (nSPS) is 10.3. The van der Waals surface area contributed by atoms with E-state index in [9.17, 15) is 4.39 Å². The van der Waals surface area contributed by atoms with Crippen LogP contribution in [0.15, 0.2) is 30.3 Å². The van der Waals surface area contributed by atoms with Crippen LogP contribution in [0, 0.1) is 18.8 Å². The van der Waals surface area contributed by atoms with Crippen molar-refractivity contribution in [1.82, 2.24) is 4.98 Å². The van der Waals surface area contributed by atoms with Crippen molar-refractivity contribution in [2.45, 2.75) is 6.92 Å². The summed E-state index contributed by atoms with van der Waals surface area (Å²) in [7, 11) is 0. The quantitative estimate of drug-likeness (QED) is 0.669. The highest BCUT2D eigenvalue weighted by Crippen LogP contribution is 2.22. The zero-order valence-electron chi connectivity index (χ0n) is 8.09. The van der Waals surface area contributed by atoms with Gasteiger partial charge in [-0.2, -0.15) is 0 Å². The molecule has 0 aliphatic rings. The third-order valence-electron chi connectivity index (χ3n) is 2.00. The van der Waals surface area contributed by atoms with Crippen LogP contribution in [0.3, 0.4) is 0 Å². The van der Waals surface area contributed by atoms with Crippen LogP contribution in [0.4, 0.5) is 4.39 Å². The monoisotopic (exact) mass is 220 g/mol. The van der Waals surface area contributed by atoms with Crippen LogP contribution >= 0.6 is 11.6 Å². The molecule has 1 radical (unpaired) electrons. The number of aryl methyl sites for hydroxylation is 1. The van der Waals surface area contributed by atoms with E-state index in [-0.39, 0.29) is 5.82 Å². The highest BCUT2D eigenvalue weighted by molar-refractivity contribution is 6.29. The van der Waals surface area contributed by atoms with Crippen molar-refractivity contribution in [1.29, 1.82) is 0 Å². The molecule has 0 aliphatic carbocycles. The Bertz CT molecular complexity index is 476. The average molecular weight is 221 g/mol. The fraction of sp³-hybridized carbons (Fsp3) is 0.0833. The van der Waals surface area contributed by atoms with Crippen molar-refractivity contribution < 1.29 is 4.39 Å². The first-order valence-corrected chi connectivity index (χ1v) is 4.85. The predicted molar refractivity (Wildman–Crippen MR) is 58.2 cm³/mol. The van der Waals surface area contributed by atoms with Crippen molar-refractivity contribution in [2.24, 2.45) is 0 Å². The van der Waals surface area contributed by atoms with Gasteiger partial charge < -0.3 is 0 Å². The van der Waals surface area contributed by atoms with Gasteiger partial charge in [0.15, 0.2) is 0 Å². The minimum absolute atomic E-state index is 0.283. The van der Waals surface area contributed by atoms with Crippen LogP contribution in [-0.2, 0) is 0 Å². The summed E-state index contributed by atoms with van der Waals surface area (Å²) >= 11 is 5.82. The van der Waals surface area contributed by atoms with Gasteiger partial charge in [-0.3, -0.25) is 0 Å². The summed E-state index contributed by atoms with van der Waals surface area (Å²) in [5.74, 6) is -0.283. The molecule has 0 spiro atoms. The molecule has 0 aliphatic heterocycles. The lowest BCUT2D eigenvalue weighted by Gasteiger charge is -2.03. The van der Waals surface area contributed by atoms with E-state index in [1.807, 2.05) is 13.0 Å². The Morgan fingerprint density at radius 1 is 1.33 bits per heavy atom. The predicted octanol–water partition coefficient (Wildman–Crippen LogP) is 3.65. The molecule has 0 bridgehead atoms. The third kappa shape index (κ3) is 2.34. The molecule has 0 saturated carbocycles. The fourth-order valence-corrected chi connectivity index (χ4v) is 1.64. The molecule has 3 heteroatoms. The van der Waals surface area contributed by atoms with Crippen LogP contribution < -0.4 is 0 Å². The van der Waals surface area contributed by atoms with Crippen LogP contribution in [0.25, 0.3) is 11.1 Å². The van der Waals surface area contributed by atoms with Crippen molar-refractivity contribution in [3.05, 3.63) is 53.1 Å². The topological polar surface area (TPSA) is 12.9 Å². The maximum Gasteiger partial charge on any atom is 0.129 e. The molecule has 0 fully saturated rings. The molecular formula is C12H8ClFN. The molecule has 15 heavy (non-hydrogen) atoms. The average Bonchev–Trinajstić information content (AvgIpc) is 2.16. The van der Waals surface area contributed by atoms with Gasteiger partial charge in [-0.15, -0.1) is 0 Å². The second-order valence-electron chi connectivity index (χ2n) is 3.24. The van der Waals surface area contributed by atoms with Gasteiger partial charge in [-0.05, 0) is 48.4 Å². The second-order valence-corrected chi connectivity index (χ2v) is 3.63. The molecule has 1 heterocycles. The zero-order chi connectivity index (χ0) is 10.8. The van der Waals surface area contributed by atoms with Gasteiger partial charge in [-0.1, -0.05) is 17.7 Å². The first-order chi connectivity index (χ1) is 7.15. The number of nitrogens with zero attached hydrogens (tertiary/aromatic N) is 1. The number of rotatable bonds is 1. The largest absolute Gasteiger partial charge is 0.241 e. The Morgan fingerprint density at radius 3 is 2.80 bits per heavy atom. The van der Waals surface area contributed by atoms with E-state index in [1.165, 1.54) is 12.1 Å². The van der Waals surface area contributed by atoms with Crippen LogP contribution in [0.2, 0.25) is 5.15 Å². The van der Waals surface area contributed by atoms with Crippen LogP contribution in [0.1, 0.15) is 5.69 Å². The first kappa shape index (κ1) is 10.1. The first-order valence-electron chi connectivity index (χ1n) is 4.47. The molecule has 1 nitrogen and oxygen atoms in total. The number of aromatic nitrogens is 1. The second kappa shape index (κ2) is 3.99. The molecule has 0 atom stereocenters. The lowest BCUT2D eigenvalue weighted by Crippen LogP contribution is -1.86. The Hall–Kier alpha value is -1.41. The standard InChI is InChI=1S/C12H8ClFN/c1-8-5-10(7-12(13)15-8)9-3-2-4-11(14)6-9/h2,4-7H,1H3. The molecule has 1 aromatic carbocycles. The van der Waals surface area contributed by atoms with Crippen LogP contribution in [-0.4, -0.2) is 4.98 Å². The van der Waals surface area contributed by atoms with Crippen molar-refractivity contribution >= 4 is 11.6 Å². The minimum Gasteiger partial charge on any atom is -0.241 e. The summed E-state index contributed by atoms with van der Waals surface area (Å²) in [5, 5.41) is 0.405. The summed E-state index contributed by atoms with van der Waals surface area (Å²) in [6, 6.07) is 10.8. The van der Waals surface area contributed by atoms with Crippen LogP contribution in [0.5, 0.6) is 0 Å². The minimum atomic E-state index is -0.283. The van der Waals surface area contributed by atoms with Crippen molar-refractivity contribution in [3.63, 3.8) is 0 Å². The van der Waals surface area contributed by atoms with Gasteiger partial charge in [0, 0.05) is 5.69 Å². The molecule has 0 saturated heterocycles. The molecule has 75 valence electrons. The summed E-state index contributed by atoms with van der Waals surface area (Å²) in [6.07, 6.45) is 0. The lowest BCUT2D eigenvalue weighted by atomic mass is 10.1. The van der Waals surface area contributed by atoms with E-state index in [4.69, 9.17) is 11.6 Å². The van der Waals surface area contributed by atoms with Gasteiger partial charge in [-0.25, -0.2) is 9.37 Å². The van der Waals surface area contributed by atoms with Crippen molar-refractivity contribution in [2.75, 3.05) is 0 Å². The zero-order valence-corrected chi connectivity index (χ0v) is 8.85. The van der Waals surface area contributed by atoms with E-state index < -0.39 is 0 Å². The van der Waals surface area contributed by atoms with Gasteiger partial charge in [0.25, 0.3) is 0 Å². The third-order valence-corrected chi connectivity index (χ3v) is 2.19. The SMILES string of the molecule is Cc1cc(-c2[c]ccc(F)c2)cc(Cl)n1. The number of benzene rings is 1. The van der Waals surface area contributed by atoms with E-state index in [2.05, 4.69) is 11.1 Å². The van der Waals surface area contributed by atoms with E-state index in [0.717, 1.165) is 11.3 Å². The van der Waals surface area contributed by atoms with Gasteiger partial charge >= 0.3 is 0 Å². The Kier molecular flexibility index (Phi) is 2.69. The summed E-state index contributed by atoms with van der Waals surface area (Å²) in [6.45, 7) is 1.84.